The van der Waals surface area contributed by atoms with Crippen molar-refractivity contribution in [2.45, 2.75) is 19.3 Å². The summed E-state index contributed by atoms with van der Waals surface area (Å²) in [7, 11) is 0. The number of hydrogen-bond donors (Lipinski definition) is 2. The van der Waals surface area contributed by atoms with Gasteiger partial charge < -0.3 is 10.2 Å². The first-order valence-electron chi connectivity index (χ1n) is 3.79. The Morgan fingerprint density at radius 1 is 1.25 bits per heavy atom. The summed E-state index contributed by atoms with van der Waals surface area (Å²) in [5.74, 6) is 0.163. The van der Waals surface area contributed by atoms with Crippen molar-refractivity contribution in [3.63, 3.8) is 0 Å². The number of phenolic OH excluding ortho intramolecular Hbond substituents is 2. The maximum absolute atomic E-state index is 9.43. The highest BCUT2D eigenvalue weighted by atomic mass is 16.3. The summed E-state index contributed by atoms with van der Waals surface area (Å²) in [6.45, 7) is 7.69. The van der Waals surface area contributed by atoms with Crippen molar-refractivity contribution >= 4 is 0 Å². The van der Waals surface area contributed by atoms with E-state index in [9.17, 15) is 5.11 Å². The topological polar surface area (TPSA) is 40.5 Å². The van der Waals surface area contributed by atoms with Crippen molar-refractivity contribution in [1.29, 1.82) is 0 Å². The SMILES string of the molecule is [CH2]C(C)(C)c1ccc(O)cc1O. The molecular formula is C10H13O2. The molecule has 0 bridgehead atoms. The van der Waals surface area contributed by atoms with Crippen LogP contribution >= 0.6 is 0 Å². The van der Waals surface area contributed by atoms with Crippen LogP contribution in [0.15, 0.2) is 18.2 Å². The van der Waals surface area contributed by atoms with E-state index in [1.54, 1.807) is 12.1 Å². The van der Waals surface area contributed by atoms with Crippen molar-refractivity contribution < 1.29 is 10.2 Å². The third-order valence-electron chi connectivity index (χ3n) is 1.71. The van der Waals surface area contributed by atoms with Gasteiger partial charge in [0.15, 0.2) is 0 Å². The van der Waals surface area contributed by atoms with E-state index in [2.05, 4.69) is 6.92 Å². The minimum absolute atomic E-state index is 0.0699. The molecule has 2 nitrogen and oxygen atoms in total. The minimum atomic E-state index is -0.336. The molecule has 2 heteroatoms. The zero-order chi connectivity index (χ0) is 9.35. The average molecular weight is 165 g/mol. The van der Waals surface area contributed by atoms with Gasteiger partial charge in [-0.05, 0) is 24.0 Å². The monoisotopic (exact) mass is 165 g/mol. The normalized spacial score (nSPS) is 11.6. The Morgan fingerprint density at radius 3 is 2.25 bits per heavy atom. The highest BCUT2D eigenvalue weighted by Gasteiger charge is 2.17. The zero-order valence-corrected chi connectivity index (χ0v) is 7.33. The molecule has 0 aliphatic heterocycles. The number of rotatable bonds is 1. The first kappa shape index (κ1) is 8.91. The number of benzene rings is 1. The summed E-state index contributed by atoms with van der Waals surface area (Å²) >= 11 is 0. The second-order valence-electron chi connectivity index (χ2n) is 3.59. The van der Waals surface area contributed by atoms with Crippen LogP contribution < -0.4 is 0 Å². The lowest BCUT2D eigenvalue weighted by atomic mass is 9.86. The first-order chi connectivity index (χ1) is 5.41. The van der Waals surface area contributed by atoms with Crippen LogP contribution in [0.4, 0.5) is 0 Å². The largest absolute Gasteiger partial charge is 0.508 e. The Kier molecular flexibility index (Phi) is 2.01. The van der Waals surface area contributed by atoms with Crippen LogP contribution in [-0.4, -0.2) is 10.2 Å². The van der Waals surface area contributed by atoms with E-state index in [-0.39, 0.29) is 16.9 Å². The Bertz CT molecular complexity index is 284. The number of phenols is 2. The van der Waals surface area contributed by atoms with Crippen molar-refractivity contribution in [3.8, 4) is 11.5 Å². The van der Waals surface area contributed by atoms with E-state index in [0.29, 0.717) is 0 Å². The molecular weight excluding hydrogens is 152 g/mol. The third-order valence-corrected chi connectivity index (χ3v) is 1.71. The number of hydrogen-bond acceptors (Lipinski definition) is 2. The van der Waals surface area contributed by atoms with E-state index >= 15 is 0 Å². The van der Waals surface area contributed by atoms with Crippen LogP contribution in [0, 0.1) is 6.92 Å². The van der Waals surface area contributed by atoms with E-state index in [0.717, 1.165) is 5.56 Å². The standard InChI is InChI=1S/C10H13O2/c1-10(2,3)8-5-4-7(11)6-9(8)12/h4-6,11-12H,1H2,2-3H3. The van der Waals surface area contributed by atoms with E-state index in [4.69, 9.17) is 5.11 Å². The predicted octanol–water partition coefficient (Wildman–Crippen LogP) is 2.21. The van der Waals surface area contributed by atoms with Crippen LogP contribution in [-0.2, 0) is 5.41 Å². The average Bonchev–Trinajstić information content (AvgIpc) is 1.83. The van der Waals surface area contributed by atoms with Crippen LogP contribution in [0.3, 0.4) is 0 Å². The molecule has 0 unspecified atom stereocenters. The molecule has 0 amide bonds. The molecule has 0 heterocycles. The summed E-state index contributed by atoms with van der Waals surface area (Å²) < 4.78 is 0. The molecule has 0 atom stereocenters. The van der Waals surface area contributed by atoms with E-state index in [1.165, 1.54) is 6.07 Å². The fraction of sp³-hybridized carbons (Fsp3) is 0.300. The second-order valence-corrected chi connectivity index (χ2v) is 3.59. The zero-order valence-electron chi connectivity index (χ0n) is 7.33. The van der Waals surface area contributed by atoms with E-state index < -0.39 is 0 Å². The summed E-state index contributed by atoms with van der Waals surface area (Å²) in [5, 5.41) is 18.4. The van der Waals surface area contributed by atoms with Crippen LogP contribution in [0.25, 0.3) is 0 Å². The Balaban J connectivity index is 3.19. The molecule has 2 N–H and O–H groups in total. The fourth-order valence-corrected chi connectivity index (χ4v) is 1.09. The van der Waals surface area contributed by atoms with Crippen LogP contribution in [0.2, 0.25) is 0 Å². The molecule has 1 aromatic rings. The van der Waals surface area contributed by atoms with Crippen LogP contribution in [0.5, 0.6) is 11.5 Å². The lowest BCUT2D eigenvalue weighted by Gasteiger charge is -2.19. The lowest BCUT2D eigenvalue weighted by molar-refractivity contribution is 0.437. The van der Waals surface area contributed by atoms with Gasteiger partial charge in [0, 0.05) is 6.07 Å². The van der Waals surface area contributed by atoms with Gasteiger partial charge in [-0.1, -0.05) is 19.9 Å². The third kappa shape index (κ3) is 1.70. The van der Waals surface area contributed by atoms with Crippen molar-refractivity contribution in [2.24, 2.45) is 0 Å². The van der Waals surface area contributed by atoms with E-state index in [1.807, 2.05) is 13.8 Å². The molecule has 0 aliphatic rings. The van der Waals surface area contributed by atoms with Gasteiger partial charge in [-0.3, -0.25) is 0 Å². The maximum atomic E-state index is 9.43. The quantitative estimate of drug-likeness (QED) is 0.669. The Hall–Kier alpha value is -1.18. The minimum Gasteiger partial charge on any atom is -0.508 e. The van der Waals surface area contributed by atoms with Gasteiger partial charge in [0.25, 0.3) is 0 Å². The van der Waals surface area contributed by atoms with Crippen LogP contribution in [0.1, 0.15) is 19.4 Å². The molecule has 0 fully saturated rings. The molecule has 1 aromatic carbocycles. The van der Waals surface area contributed by atoms with Gasteiger partial charge in [0.1, 0.15) is 11.5 Å². The highest BCUT2D eigenvalue weighted by molar-refractivity contribution is 5.43. The smallest absolute Gasteiger partial charge is 0.122 e. The molecule has 0 aromatic heterocycles. The molecule has 65 valence electrons. The van der Waals surface area contributed by atoms with Gasteiger partial charge in [0.2, 0.25) is 0 Å². The second kappa shape index (κ2) is 2.70. The lowest BCUT2D eigenvalue weighted by Crippen LogP contribution is -2.11. The van der Waals surface area contributed by atoms with Crippen molar-refractivity contribution in [1.82, 2.24) is 0 Å². The predicted molar refractivity (Wildman–Crippen MR) is 48.2 cm³/mol. The fourth-order valence-electron chi connectivity index (χ4n) is 1.09. The molecule has 0 spiro atoms. The van der Waals surface area contributed by atoms with Gasteiger partial charge in [-0.2, -0.15) is 0 Å². The van der Waals surface area contributed by atoms with Gasteiger partial charge in [-0.25, -0.2) is 0 Å². The molecule has 1 radical (unpaired) electrons. The van der Waals surface area contributed by atoms with Crippen molar-refractivity contribution in [2.75, 3.05) is 0 Å². The van der Waals surface area contributed by atoms with Gasteiger partial charge in [-0.15, -0.1) is 0 Å². The first-order valence-corrected chi connectivity index (χ1v) is 3.79. The molecule has 1 rings (SSSR count). The molecule has 0 saturated heterocycles. The summed E-state index contributed by atoms with van der Waals surface area (Å²) in [6, 6.07) is 4.54. The highest BCUT2D eigenvalue weighted by Crippen LogP contribution is 2.32. The summed E-state index contributed by atoms with van der Waals surface area (Å²) in [5.41, 5.74) is 0.401. The molecule has 0 aliphatic carbocycles. The van der Waals surface area contributed by atoms with Gasteiger partial charge >= 0.3 is 0 Å². The Labute approximate surface area is 72.5 Å². The van der Waals surface area contributed by atoms with Crippen molar-refractivity contribution in [3.05, 3.63) is 30.7 Å². The summed E-state index contributed by atoms with van der Waals surface area (Å²) in [6.07, 6.45) is 0. The van der Waals surface area contributed by atoms with Gasteiger partial charge in [0.05, 0.1) is 0 Å². The Morgan fingerprint density at radius 2 is 1.83 bits per heavy atom. The summed E-state index contributed by atoms with van der Waals surface area (Å²) in [4.78, 5) is 0. The maximum Gasteiger partial charge on any atom is 0.122 e. The number of aromatic hydroxyl groups is 2. The molecule has 0 saturated carbocycles. The molecule has 12 heavy (non-hydrogen) atoms.